The molecule has 8 aromatic rings. The second-order valence-corrected chi connectivity index (χ2v) is 14.5. The van der Waals surface area contributed by atoms with Crippen LogP contribution in [0.1, 0.15) is 42.2 Å². The Bertz CT molecular complexity index is 2610. The highest BCUT2D eigenvalue weighted by molar-refractivity contribution is 6.11. The average molecular weight is 590 g/mol. The Labute approximate surface area is 266 Å². The largest absolute Gasteiger partial charge is 0.456 e. The molecule has 2 nitrogen and oxygen atoms in total. The summed E-state index contributed by atoms with van der Waals surface area (Å²) in [7, 11) is 0. The number of furan rings is 1. The van der Waals surface area contributed by atoms with Crippen LogP contribution >= 0.6 is 0 Å². The summed E-state index contributed by atoms with van der Waals surface area (Å²) in [4.78, 5) is 0. The normalized spacial score (nSPS) is 25.2. The molecule has 2 aromatic heterocycles. The van der Waals surface area contributed by atoms with Crippen LogP contribution in [0.4, 0.5) is 0 Å². The van der Waals surface area contributed by atoms with Crippen molar-refractivity contribution >= 4 is 43.7 Å². The maximum absolute atomic E-state index is 6.25. The van der Waals surface area contributed by atoms with Gasteiger partial charge in [0, 0.05) is 27.2 Å². The van der Waals surface area contributed by atoms with Crippen molar-refractivity contribution < 1.29 is 4.42 Å². The van der Waals surface area contributed by atoms with Crippen LogP contribution in [-0.4, -0.2) is 4.57 Å². The minimum absolute atomic E-state index is 0.524. The number of nitrogens with zero attached hydrogens (tertiary/aromatic N) is 1. The third-order valence-electron chi connectivity index (χ3n) is 12.9. The first-order valence-corrected chi connectivity index (χ1v) is 17.0. The van der Waals surface area contributed by atoms with E-state index in [0.29, 0.717) is 11.3 Å². The fraction of sp³-hybridized carbons (Fsp3) is 0.182. The summed E-state index contributed by atoms with van der Waals surface area (Å²) in [6, 6.07) is 47.6. The number of aromatic nitrogens is 1. The summed E-state index contributed by atoms with van der Waals surface area (Å²) in [5, 5.41) is 4.93. The number of fused-ring (bicyclic) bond motifs is 11. The molecule has 0 aliphatic heterocycles. The molecule has 0 radical (unpaired) electrons. The lowest BCUT2D eigenvalue weighted by molar-refractivity contribution is -0.252. The van der Waals surface area contributed by atoms with E-state index in [1.54, 1.807) is 11.1 Å². The van der Waals surface area contributed by atoms with E-state index >= 15 is 0 Å². The van der Waals surface area contributed by atoms with E-state index in [-0.39, 0.29) is 0 Å². The third-order valence-corrected chi connectivity index (χ3v) is 12.9. The molecule has 2 heteroatoms. The van der Waals surface area contributed by atoms with E-state index in [1.165, 1.54) is 79.8 Å². The number of hydrogen-bond acceptors (Lipinski definition) is 1. The zero-order chi connectivity index (χ0) is 29.7. The van der Waals surface area contributed by atoms with Gasteiger partial charge >= 0.3 is 0 Å². The van der Waals surface area contributed by atoms with Crippen LogP contribution in [0, 0.1) is 17.3 Å². The van der Waals surface area contributed by atoms with Gasteiger partial charge in [0.05, 0.1) is 11.0 Å². The SMILES string of the molecule is c1ccc2c(c1)-c1ccc(-n3c4ccccc4c4cc(-c5ccc6c(c5)oc5ccccc56)ccc43)cc1C1CC3CC4CC2C431. The molecule has 6 aromatic carbocycles. The van der Waals surface area contributed by atoms with Crippen LogP contribution in [0.2, 0.25) is 0 Å². The van der Waals surface area contributed by atoms with Crippen LogP contribution in [0.3, 0.4) is 0 Å². The standard InChI is InChI=1S/C44H31NO/c1-2-8-32-30(7-1)31-17-15-29(24-36(31)39-23-28-21-27-22-38(32)44(27,28)39)45-40-11-5-3-9-33(40)37-19-25(14-18-41(37)45)26-13-16-35-34-10-4-6-12-42(34)46-43(35)20-26/h1-20,24,27-28,38-39H,21-23H2. The predicted octanol–water partition coefficient (Wildman–Crippen LogP) is 11.6. The molecule has 0 amide bonds. The fourth-order valence-corrected chi connectivity index (χ4v) is 11.0. The van der Waals surface area contributed by atoms with Gasteiger partial charge in [-0.1, -0.05) is 78.9 Å². The topological polar surface area (TPSA) is 18.1 Å². The first kappa shape index (κ1) is 24.2. The molecule has 12 rings (SSSR count). The summed E-state index contributed by atoms with van der Waals surface area (Å²) in [6.45, 7) is 0. The first-order chi connectivity index (χ1) is 22.8. The van der Waals surface area contributed by atoms with Gasteiger partial charge in [-0.15, -0.1) is 0 Å². The quantitative estimate of drug-likeness (QED) is 0.196. The Kier molecular flexibility index (Phi) is 4.31. The molecule has 5 unspecified atom stereocenters. The predicted molar refractivity (Wildman–Crippen MR) is 188 cm³/mol. The zero-order valence-electron chi connectivity index (χ0n) is 25.4. The van der Waals surface area contributed by atoms with Gasteiger partial charge in [-0.05, 0) is 130 Å². The molecule has 0 N–H and O–H groups in total. The van der Waals surface area contributed by atoms with Crippen molar-refractivity contribution in [2.24, 2.45) is 17.3 Å². The molecule has 218 valence electrons. The Morgan fingerprint density at radius 1 is 0.500 bits per heavy atom. The second-order valence-electron chi connectivity index (χ2n) is 14.5. The molecule has 0 bridgehead atoms. The lowest BCUT2D eigenvalue weighted by Crippen LogP contribution is -2.70. The molecule has 3 fully saturated rings. The van der Waals surface area contributed by atoms with E-state index in [1.807, 2.05) is 6.07 Å². The smallest absolute Gasteiger partial charge is 0.136 e. The van der Waals surface area contributed by atoms with E-state index < -0.39 is 0 Å². The van der Waals surface area contributed by atoms with Crippen molar-refractivity contribution in [3.8, 4) is 27.9 Å². The van der Waals surface area contributed by atoms with Crippen molar-refractivity contribution in [1.29, 1.82) is 0 Å². The van der Waals surface area contributed by atoms with Crippen LogP contribution < -0.4 is 0 Å². The van der Waals surface area contributed by atoms with E-state index in [9.17, 15) is 0 Å². The molecular weight excluding hydrogens is 558 g/mol. The van der Waals surface area contributed by atoms with Crippen LogP contribution in [0.5, 0.6) is 0 Å². The fourth-order valence-electron chi connectivity index (χ4n) is 11.0. The Morgan fingerprint density at radius 2 is 1.20 bits per heavy atom. The molecule has 5 atom stereocenters. The third kappa shape index (κ3) is 2.74. The highest BCUT2D eigenvalue weighted by Gasteiger charge is 2.76. The van der Waals surface area contributed by atoms with E-state index in [0.717, 1.165) is 28.9 Å². The lowest BCUT2D eigenvalue weighted by Gasteiger charge is -2.78. The molecule has 0 saturated heterocycles. The van der Waals surface area contributed by atoms with Gasteiger partial charge in [0.25, 0.3) is 0 Å². The highest BCUT2D eigenvalue weighted by Crippen LogP contribution is 2.85. The molecule has 2 heterocycles. The van der Waals surface area contributed by atoms with Crippen molar-refractivity contribution in [2.45, 2.75) is 31.1 Å². The van der Waals surface area contributed by atoms with Gasteiger partial charge in [-0.2, -0.15) is 0 Å². The van der Waals surface area contributed by atoms with Crippen molar-refractivity contribution in [1.82, 2.24) is 4.57 Å². The van der Waals surface area contributed by atoms with Gasteiger partial charge in [0.2, 0.25) is 0 Å². The number of para-hydroxylation sites is 2. The number of hydrogen-bond donors (Lipinski definition) is 0. The molecule has 1 spiro atoms. The van der Waals surface area contributed by atoms with Gasteiger partial charge in [-0.3, -0.25) is 0 Å². The first-order valence-electron chi connectivity index (χ1n) is 17.0. The summed E-state index contributed by atoms with van der Waals surface area (Å²) in [5.41, 5.74) is 14.8. The summed E-state index contributed by atoms with van der Waals surface area (Å²) in [6.07, 6.45) is 4.22. The zero-order valence-corrected chi connectivity index (χ0v) is 25.4. The lowest BCUT2D eigenvalue weighted by atomic mass is 9.25. The van der Waals surface area contributed by atoms with E-state index in [2.05, 4.69) is 126 Å². The average Bonchev–Trinajstić information content (AvgIpc) is 3.59. The Morgan fingerprint density at radius 3 is 2.11 bits per heavy atom. The van der Waals surface area contributed by atoms with Gasteiger partial charge in [0.1, 0.15) is 11.2 Å². The number of rotatable bonds is 2. The minimum atomic E-state index is 0.524. The Hall–Kier alpha value is -5.08. The Balaban J connectivity index is 1.04. The van der Waals surface area contributed by atoms with Gasteiger partial charge in [-0.25, -0.2) is 0 Å². The molecule has 4 aliphatic rings. The van der Waals surface area contributed by atoms with Gasteiger partial charge in [0.15, 0.2) is 0 Å². The minimum Gasteiger partial charge on any atom is -0.456 e. The van der Waals surface area contributed by atoms with Crippen molar-refractivity contribution in [2.75, 3.05) is 0 Å². The maximum Gasteiger partial charge on any atom is 0.136 e. The van der Waals surface area contributed by atoms with Crippen molar-refractivity contribution in [3.05, 3.63) is 139 Å². The summed E-state index contributed by atoms with van der Waals surface area (Å²) >= 11 is 0. The maximum atomic E-state index is 6.25. The monoisotopic (exact) mass is 589 g/mol. The second kappa shape index (κ2) is 8.19. The molecule has 46 heavy (non-hydrogen) atoms. The van der Waals surface area contributed by atoms with Crippen LogP contribution in [-0.2, 0) is 0 Å². The highest BCUT2D eigenvalue weighted by atomic mass is 16.3. The van der Waals surface area contributed by atoms with Gasteiger partial charge < -0.3 is 8.98 Å². The summed E-state index contributed by atoms with van der Waals surface area (Å²) in [5.74, 6) is 3.28. The van der Waals surface area contributed by atoms with E-state index in [4.69, 9.17) is 4.42 Å². The van der Waals surface area contributed by atoms with Crippen molar-refractivity contribution in [3.63, 3.8) is 0 Å². The van der Waals surface area contributed by atoms with Crippen LogP contribution in [0.25, 0.3) is 71.7 Å². The molecule has 3 saturated carbocycles. The number of benzene rings is 6. The molecular formula is C44H31NO. The molecule has 4 aliphatic carbocycles. The van der Waals surface area contributed by atoms with Crippen LogP contribution in [0.15, 0.2) is 132 Å². The summed E-state index contributed by atoms with van der Waals surface area (Å²) < 4.78 is 8.77.